The molecular formula is C19H13F2N3OS. The zero-order valence-electron chi connectivity index (χ0n) is 13.4. The van der Waals surface area contributed by atoms with Crippen molar-refractivity contribution >= 4 is 28.5 Å². The van der Waals surface area contributed by atoms with Crippen molar-refractivity contribution in [1.29, 1.82) is 0 Å². The van der Waals surface area contributed by atoms with Crippen LogP contribution in [0.15, 0.2) is 71.9 Å². The lowest BCUT2D eigenvalue weighted by Crippen LogP contribution is -1.90. The third-order valence-corrected chi connectivity index (χ3v) is 4.48. The lowest BCUT2D eigenvalue weighted by Gasteiger charge is -2.06. The molecule has 0 aliphatic heterocycles. The first-order valence-corrected chi connectivity index (χ1v) is 8.58. The minimum Gasteiger partial charge on any atom is -0.439 e. The summed E-state index contributed by atoms with van der Waals surface area (Å²) in [5, 5.41) is 0.577. The average Bonchev–Trinajstić information content (AvgIpc) is 3.04. The second-order valence-corrected chi connectivity index (χ2v) is 6.35. The van der Waals surface area contributed by atoms with Gasteiger partial charge in [0.2, 0.25) is 5.88 Å². The molecule has 0 aliphatic rings. The van der Waals surface area contributed by atoms with Crippen molar-refractivity contribution in [3.8, 4) is 11.6 Å². The van der Waals surface area contributed by atoms with Crippen LogP contribution >= 0.6 is 11.9 Å². The number of para-hydroxylation sites is 1. The number of benzene rings is 2. The second kappa shape index (κ2) is 7.05. The van der Waals surface area contributed by atoms with Gasteiger partial charge in [0.05, 0.1) is 11.2 Å². The molecule has 4 aromatic rings. The molecule has 0 saturated carbocycles. The molecule has 4 rings (SSSR count). The maximum Gasteiger partial charge on any atom is 0.219 e. The molecule has 0 aliphatic carbocycles. The molecule has 2 N–H and O–H groups in total. The van der Waals surface area contributed by atoms with Gasteiger partial charge in [-0.1, -0.05) is 18.2 Å². The van der Waals surface area contributed by atoms with Gasteiger partial charge < -0.3 is 14.4 Å². The Balaban J connectivity index is 1.44. The monoisotopic (exact) mass is 369 g/mol. The Bertz CT molecular complexity index is 1040. The maximum absolute atomic E-state index is 13.4. The molecule has 2 heterocycles. The number of rotatable bonds is 5. The average molecular weight is 369 g/mol. The quantitative estimate of drug-likeness (QED) is 0.440. The van der Waals surface area contributed by atoms with Crippen LogP contribution in [-0.4, -0.2) is 9.97 Å². The Labute approximate surface area is 152 Å². The molecule has 0 fully saturated rings. The molecule has 7 heteroatoms. The molecule has 0 radical (unpaired) electrons. The smallest absolute Gasteiger partial charge is 0.219 e. The molecule has 26 heavy (non-hydrogen) atoms. The van der Waals surface area contributed by atoms with Gasteiger partial charge >= 0.3 is 0 Å². The van der Waals surface area contributed by atoms with Gasteiger partial charge in [-0.2, -0.15) is 0 Å². The van der Waals surface area contributed by atoms with Gasteiger partial charge in [-0.3, -0.25) is 0 Å². The first-order valence-electron chi connectivity index (χ1n) is 7.77. The lowest BCUT2D eigenvalue weighted by atomic mass is 10.2. The Hall–Kier alpha value is -3.06. The van der Waals surface area contributed by atoms with Crippen LogP contribution in [0.3, 0.4) is 0 Å². The van der Waals surface area contributed by atoms with Crippen LogP contribution in [-0.2, 0) is 0 Å². The van der Waals surface area contributed by atoms with E-state index in [1.165, 1.54) is 18.0 Å². The van der Waals surface area contributed by atoms with Gasteiger partial charge in [-0.05, 0) is 36.2 Å². The summed E-state index contributed by atoms with van der Waals surface area (Å²) in [6.45, 7) is 0. The van der Waals surface area contributed by atoms with Crippen molar-refractivity contribution in [3.63, 3.8) is 0 Å². The van der Waals surface area contributed by atoms with Crippen molar-refractivity contribution < 1.29 is 13.5 Å². The summed E-state index contributed by atoms with van der Waals surface area (Å²) in [5.41, 5.74) is 1.19. The number of nitrogens with one attached hydrogen (secondary N) is 2. The normalized spacial score (nSPS) is 10.8. The molecule has 0 spiro atoms. The third-order valence-electron chi connectivity index (χ3n) is 3.68. The first-order chi connectivity index (χ1) is 12.7. The lowest BCUT2D eigenvalue weighted by molar-refractivity contribution is 0.462. The molecular weight excluding hydrogens is 356 g/mol. The fourth-order valence-corrected chi connectivity index (χ4v) is 3.05. The number of pyridine rings is 1. The Morgan fingerprint density at radius 1 is 1.00 bits per heavy atom. The van der Waals surface area contributed by atoms with Gasteiger partial charge in [0.1, 0.15) is 5.75 Å². The summed E-state index contributed by atoms with van der Waals surface area (Å²) >= 11 is 1.31. The molecule has 2 aromatic heterocycles. The van der Waals surface area contributed by atoms with Crippen LogP contribution in [0, 0.1) is 11.6 Å². The van der Waals surface area contributed by atoms with Crippen molar-refractivity contribution in [2.24, 2.45) is 0 Å². The zero-order chi connectivity index (χ0) is 17.9. The Morgan fingerprint density at radius 2 is 1.81 bits per heavy atom. The van der Waals surface area contributed by atoms with Crippen LogP contribution in [0.25, 0.3) is 10.9 Å². The molecule has 0 bridgehead atoms. The molecule has 0 unspecified atom stereocenters. The standard InChI is InChI=1S/C19H13F2N3OS/c20-15-8-14-17(9-16(15)21)22-11-18(14)24-26-13-6-7-19(23-10-13)25-12-4-2-1-3-5-12/h1-11,22,24H. The summed E-state index contributed by atoms with van der Waals surface area (Å²) in [6, 6.07) is 15.3. The largest absolute Gasteiger partial charge is 0.439 e. The van der Waals surface area contributed by atoms with Crippen LogP contribution < -0.4 is 9.46 Å². The number of aromatic nitrogens is 2. The summed E-state index contributed by atoms with van der Waals surface area (Å²) in [7, 11) is 0. The van der Waals surface area contributed by atoms with Gasteiger partial charge in [0, 0.05) is 34.8 Å². The molecule has 0 atom stereocenters. The topological polar surface area (TPSA) is 49.9 Å². The van der Waals surface area contributed by atoms with E-state index in [-0.39, 0.29) is 0 Å². The minimum atomic E-state index is -0.880. The molecule has 0 amide bonds. The van der Waals surface area contributed by atoms with E-state index >= 15 is 0 Å². The number of ether oxygens (including phenoxy) is 1. The summed E-state index contributed by atoms with van der Waals surface area (Å²) in [4.78, 5) is 8.02. The highest BCUT2D eigenvalue weighted by atomic mass is 32.2. The van der Waals surface area contributed by atoms with E-state index in [4.69, 9.17) is 4.74 Å². The number of nitrogens with zero attached hydrogens (tertiary/aromatic N) is 1. The van der Waals surface area contributed by atoms with Crippen LogP contribution in [0.5, 0.6) is 11.6 Å². The van der Waals surface area contributed by atoms with E-state index in [0.29, 0.717) is 28.2 Å². The van der Waals surface area contributed by atoms with E-state index in [1.807, 2.05) is 36.4 Å². The van der Waals surface area contributed by atoms with Crippen molar-refractivity contribution in [2.75, 3.05) is 4.72 Å². The number of hydrogen-bond acceptors (Lipinski definition) is 4. The van der Waals surface area contributed by atoms with E-state index in [9.17, 15) is 8.78 Å². The van der Waals surface area contributed by atoms with E-state index in [0.717, 1.165) is 11.0 Å². The van der Waals surface area contributed by atoms with Gasteiger partial charge in [0.15, 0.2) is 11.6 Å². The summed E-state index contributed by atoms with van der Waals surface area (Å²) in [6.07, 6.45) is 3.34. The number of aromatic amines is 1. The summed E-state index contributed by atoms with van der Waals surface area (Å²) in [5.74, 6) is -0.553. The second-order valence-electron chi connectivity index (χ2n) is 5.47. The highest BCUT2D eigenvalue weighted by Gasteiger charge is 2.09. The van der Waals surface area contributed by atoms with Crippen LogP contribution in [0.2, 0.25) is 0 Å². The highest BCUT2D eigenvalue weighted by molar-refractivity contribution is 8.00. The Kier molecular flexibility index (Phi) is 4.45. The number of halogens is 2. The summed E-state index contributed by atoms with van der Waals surface area (Å²) < 4.78 is 35.5. The van der Waals surface area contributed by atoms with E-state index in [1.54, 1.807) is 18.5 Å². The fraction of sp³-hybridized carbons (Fsp3) is 0. The predicted octanol–water partition coefficient (Wildman–Crippen LogP) is 5.75. The van der Waals surface area contributed by atoms with Crippen LogP contribution in [0.1, 0.15) is 0 Å². The third kappa shape index (κ3) is 3.48. The van der Waals surface area contributed by atoms with Gasteiger partial charge in [0.25, 0.3) is 0 Å². The molecule has 2 aromatic carbocycles. The number of H-pyrrole nitrogens is 1. The van der Waals surface area contributed by atoms with Gasteiger partial charge in [-0.15, -0.1) is 0 Å². The molecule has 130 valence electrons. The first kappa shape index (κ1) is 16.4. The van der Waals surface area contributed by atoms with Crippen molar-refractivity contribution in [1.82, 2.24) is 9.97 Å². The van der Waals surface area contributed by atoms with Gasteiger partial charge in [-0.25, -0.2) is 13.8 Å². The van der Waals surface area contributed by atoms with Crippen molar-refractivity contribution in [2.45, 2.75) is 4.90 Å². The Morgan fingerprint density at radius 3 is 2.58 bits per heavy atom. The number of anilines is 1. The SMILES string of the molecule is Fc1cc2[nH]cc(NSc3ccc(Oc4ccccc4)nc3)c2cc1F. The number of fused-ring (bicyclic) bond motifs is 1. The fourth-order valence-electron chi connectivity index (χ4n) is 2.41. The molecule has 0 saturated heterocycles. The highest BCUT2D eigenvalue weighted by Crippen LogP contribution is 2.30. The van der Waals surface area contributed by atoms with E-state index in [2.05, 4.69) is 14.7 Å². The van der Waals surface area contributed by atoms with Crippen LogP contribution in [0.4, 0.5) is 14.5 Å². The van der Waals surface area contributed by atoms with E-state index < -0.39 is 11.6 Å². The predicted molar refractivity (Wildman–Crippen MR) is 98.4 cm³/mol. The number of hydrogen-bond donors (Lipinski definition) is 2. The molecule has 4 nitrogen and oxygen atoms in total. The minimum absolute atomic E-state index is 0.491. The zero-order valence-corrected chi connectivity index (χ0v) is 14.2. The maximum atomic E-state index is 13.4. The van der Waals surface area contributed by atoms with Crippen molar-refractivity contribution in [3.05, 3.63) is 78.6 Å².